The molecule has 0 bridgehead atoms. The van der Waals surface area contributed by atoms with E-state index in [2.05, 4.69) is 41.2 Å². The summed E-state index contributed by atoms with van der Waals surface area (Å²) in [6.07, 6.45) is 0.704. The fourth-order valence-electron chi connectivity index (χ4n) is 2.34. The number of carbonyl (C=O) groups is 1. The van der Waals surface area contributed by atoms with E-state index in [1.54, 1.807) is 6.07 Å². The van der Waals surface area contributed by atoms with Crippen molar-refractivity contribution < 1.29 is 9.53 Å². The number of hydrogen-bond donors (Lipinski definition) is 1. The van der Waals surface area contributed by atoms with Crippen LogP contribution in [0.2, 0.25) is 0 Å². The van der Waals surface area contributed by atoms with Crippen molar-refractivity contribution in [3.63, 3.8) is 0 Å². The van der Waals surface area contributed by atoms with Crippen molar-refractivity contribution in [3.8, 4) is 0 Å². The van der Waals surface area contributed by atoms with Crippen LogP contribution < -0.4 is 0 Å². The van der Waals surface area contributed by atoms with Crippen molar-refractivity contribution in [3.05, 3.63) is 65.0 Å². The molecule has 1 heterocycles. The monoisotopic (exact) mass is 280 g/mol. The first kappa shape index (κ1) is 13.4. The smallest absolute Gasteiger partial charge is 0.340 e. The Morgan fingerprint density at radius 2 is 1.95 bits per heavy atom. The topological polar surface area (TPSA) is 55.0 Å². The predicted octanol–water partition coefficient (Wildman–Crippen LogP) is 3.25. The van der Waals surface area contributed by atoms with Gasteiger partial charge in [0.2, 0.25) is 0 Å². The molecule has 21 heavy (non-hydrogen) atoms. The number of aryl methyl sites for hydroxylation is 1. The van der Waals surface area contributed by atoms with Crippen LogP contribution >= 0.6 is 0 Å². The van der Waals surface area contributed by atoms with Crippen LogP contribution in [0.1, 0.15) is 27.3 Å². The maximum atomic E-state index is 11.8. The van der Waals surface area contributed by atoms with Crippen molar-refractivity contribution in [1.82, 2.24) is 9.97 Å². The zero-order chi connectivity index (χ0) is 14.8. The molecular weight excluding hydrogens is 264 g/mol. The van der Waals surface area contributed by atoms with Gasteiger partial charge in [0.05, 0.1) is 18.2 Å². The van der Waals surface area contributed by atoms with Gasteiger partial charge < -0.3 is 9.72 Å². The largest absolute Gasteiger partial charge is 0.465 e. The molecule has 106 valence electrons. The van der Waals surface area contributed by atoms with Gasteiger partial charge in [-0.3, -0.25) is 0 Å². The van der Waals surface area contributed by atoms with Gasteiger partial charge in [0.15, 0.2) is 0 Å². The first-order valence-corrected chi connectivity index (χ1v) is 6.79. The van der Waals surface area contributed by atoms with Crippen molar-refractivity contribution in [2.75, 3.05) is 7.11 Å². The number of esters is 1. The van der Waals surface area contributed by atoms with Gasteiger partial charge in [0, 0.05) is 6.42 Å². The summed E-state index contributed by atoms with van der Waals surface area (Å²) in [4.78, 5) is 19.6. The van der Waals surface area contributed by atoms with Crippen molar-refractivity contribution in [2.45, 2.75) is 13.3 Å². The normalized spacial score (nSPS) is 10.8. The number of para-hydroxylation sites is 1. The number of carbonyl (C=O) groups excluding carboxylic acids is 1. The molecule has 2 aromatic carbocycles. The molecule has 0 radical (unpaired) electrons. The Balaban J connectivity index is 1.97. The van der Waals surface area contributed by atoms with Crippen LogP contribution in [0.25, 0.3) is 11.0 Å². The van der Waals surface area contributed by atoms with E-state index in [4.69, 9.17) is 4.74 Å². The maximum absolute atomic E-state index is 11.8. The molecule has 0 saturated carbocycles. The van der Waals surface area contributed by atoms with E-state index >= 15 is 0 Å². The Hall–Kier alpha value is -2.62. The van der Waals surface area contributed by atoms with Crippen LogP contribution in [0.5, 0.6) is 0 Å². The summed E-state index contributed by atoms with van der Waals surface area (Å²) in [5, 5.41) is 0. The van der Waals surface area contributed by atoms with Crippen LogP contribution in [0.4, 0.5) is 0 Å². The second-order valence-corrected chi connectivity index (χ2v) is 5.04. The minimum Gasteiger partial charge on any atom is -0.465 e. The lowest BCUT2D eigenvalue weighted by atomic mass is 10.1. The second-order valence-electron chi connectivity index (χ2n) is 5.04. The molecule has 0 aliphatic rings. The molecular formula is C17H16N2O2. The lowest BCUT2D eigenvalue weighted by Gasteiger charge is -1.99. The molecule has 0 fully saturated rings. The summed E-state index contributed by atoms with van der Waals surface area (Å²) >= 11 is 0. The fourth-order valence-corrected chi connectivity index (χ4v) is 2.34. The van der Waals surface area contributed by atoms with E-state index in [9.17, 15) is 4.79 Å². The molecule has 0 atom stereocenters. The summed E-state index contributed by atoms with van der Waals surface area (Å²) < 4.78 is 4.79. The third kappa shape index (κ3) is 2.65. The number of methoxy groups -OCH3 is 1. The summed E-state index contributed by atoms with van der Waals surface area (Å²) in [5.74, 6) is 0.471. The zero-order valence-corrected chi connectivity index (χ0v) is 12.0. The second kappa shape index (κ2) is 5.40. The molecule has 3 rings (SSSR count). The highest BCUT2D eigenvalue weighted by atomic mass is 16.5. The Morgan fingerprint density at radius 3 is 2.67 bits per heavy atom. The van der Waals surface area contributed by atoms with Gasteiger partial charge in [-0.1, -0.05) is 35.9 Å². The van der Waals surface area contributed by atoms with Crippen LogP contribution in [0, 0.1) is 6.92 Å². The number of ether oxygens (including phenoxy) is 1. The van der Waals surface area contributed by atoms with Crippen LogP contribution in [0.15, 0.2) is 42.5 Å². The third-order valence-corrected chi connectivity index (χ3v) is 3.46. The summed E-state index contributed by atoms with van der Waals surface area (Å²) in [6, 6.07) is 13.8. The average Bonchev–Trinajstić information content (AvgIpc) is 2.91. The number of benzene rings is 2. The quantitative estimate of drug-likeness (QED) is 0.749. The van der Waals surface area contributed by atoms with Gasteiger partial charge >= 0.3 is 5.97 Å². The maximum Gasteiger partial charge on any atom is 0.340 e. The van der Waals surface area contributed by atoms with Crippen molar-refractivity contribution >= 4 is 17.0 Å². The summed E-state index contributed by atoms with van der Waals surface area (Å²) in [5.41, 5.74) is 4.41. The molecule has 0 aliphatic carbocycles. The number of rotatable bonds is 3. The summed E-state index contributed by atoms with van der Waals surface area (Å²) in [7, 11) is 1.38. The molecule has 0 saturated heterocycles. The number of nitrogens with zero attached hydrogens (tertiary/aromatic N) is 1. The fraction of sp³-hybridized carbons (Fsp3) is 0.176. The first-order valence-electron chi connectivity index (χ1n) is 6.79. The highest BCUT2D eigenvalue weighted by molar-refractivity contribution is 6.01. The lowest BCUT2D eigenvalue weighted by Crippen LogP contribution is -2.01. The number of fused-ring (bicyclic) bond motifs is 1. The van der Waals surface area contributed by atoms with E-state index in [0.29, 0.717) is 17.5 Å². The molecule has 0 unspecified atom stereocenters. The summed E-state index contributed by atoms with van der Waals surface area (Å²) in [6.45, 7) is 2.06. The standard InChI is InChI=1S/C17H16N2O2/c1-11-6-8-12(9-7-11)10-15-18-14-5-3-4-13(16(14)19-15)17(20)21-2/h3-9H,10H2,1-2H3,(H,18,19). The number of imidazole rings is 1. The van der Waals surface area contributed by atoms with Crippen LogP contribution in [-0.4, -0.2) is 23.0 Å². The highest BCUT2D eigenvalue weighted by Crippen LogP contribution is 2.19. The Kier molecular flexibility index (Phi) is 3.44. The Bertz CT molecular complexity index is 788. The minimum absolute atomic E-state index is 0.367. The van der Waals surface area contributed by atoms with Gasteiger partial charge in [0.1, 0.15) is 11.3 Å². The van der Waals surface area contributed by atoms with E-state index in [-0.39, 0.29) is 5.97 Å². The molecule has 1 aromatic heterocycles. The van der Waals surface area contributed by atoms with E-state index in [1.807, 2.05) is 12.1 Å². The SMILES string of the molecule is COC(=O)c1cccc2[nH]c(Cc3ccc(C)cc3)nc12. The number of nitrogens with one attached hydrogen (secondary N) is 1. The Labute approximate surface area is 122 Å². The van der Waals surface area contributed by atoms with Gasteiger partial charge in [-0.2, -0.15) is 0 Å². The van der Waals surface area contributed by atoms with Crippen molar-refractivity contribution in [2.24, 2.45) is 0 Å². The predicted molar refractivity (Wildman–Crippen MR) is 81.4 cm³/mol. The molecule has 0 aliphatic heterocycles. The number of hydrogen-bond acceptors (Lipinski definition) is 3. The molecule has 0 spiro atoms. The van der Waals surface area contributed by atoms with E-state index < -0.39 is 0 Å². The van der Waals surface area contributed by atoms with Gasteiger partial charge in [0.25, 0.3) is 0 Å². The Morgan fingerprint density at radius 1 is 1.19 bits per heavy atom. The van der Waals surface area contributed by atoms with Gasteiger partial charge in [-0.25, -0.2) is 9.78 Å². The van der Waals surface area contributed by atoms with Gasteiger partial charge in [-0.15, -0.1) is 0 Å². The first-order chi connectivity index (χ1) is 10.2. The molecule has 1 N–H and O–H groups in total. The molecule has 4 heteroatoms. The lowest BCUT2D eigenvalue weighted by molar-refractivity contribution is 0.0603. The molecule has 4 nitrogen and oxygen atoms in total. The van der Waals surface area contributed by atoms with Crippen LogP contribution in [-0.2, 0) is 11.2 Å². The number of aromatic amines is 1. The zero-order valence-electron chi connectivity index (χ0n) is 12.0. The minimum atomic E-state index is -0.367. The molecule has 3 aromatic rings. The van der Waals surface area contributed by atoms with Crippen molar-refractivity contribution in [1.29, 1.82) is 0 Å². The van der Waals surface area contributed by atoms with E-state index in [1.165, 1.54) is 18.2 Å². The highest BCUT2D eigenvalue weighted by Gasteiger charge is 2.13. The molecule has 0 amide bonds. The van der Waals surface area contributed by atoms with Crippen LogP contribution in [0.3, 0.4) is 0 Å². The number of aromatic nitrogens is 2. The average molecular weight is 280 g/mol. The third-order valence-electron chi connectivity index (χ3n) is 3.46. The van der Waals surface area contributed by atoms with Gasteiger partial charge in [-0.05, 0) is 24.6 Å². The van der Waals surface area contributed by atoms with E-state index in [0.717, 1.165) is 11.3 Å². The number of H-pyrrole nitrogens is 1.